The predicted octanol–water partition coefficient (Wildman–Crippen LogP) is 2.00. The number of hydrogen-bond acceptors (Lipinski definition) is 4. The molecule has 2 rings (SSSR count). The molecule has 0 bridgehead atoms. The monoisotopic (exact) mass is 285 g/mol. The highest BCUT2D eigenvalue weighted by atomic mass is 35.5. The van der Waals surface area contributed by atoms with Crippen LogP contribution in [0.5, 0.6) is 5.75 Å². The van der Waals surface area contributed by atoms with Crippen molar-refractivity contribution in [3.05, 3.63) is 23.5 Å². The second-order valence-corrected chi connectivity index (χ2v) is 5.30. The van der Waals surface area contributed by atoms with Crippen molar-refractivity contribution in [1.82, 2.24) is 15.2 Å². The summed E-state index contributed by atoms with van der Waals surface area (Å²) in [4.78, 5) is 7.04. The minimum absolute atomic E-state index is 0. The molecule has 1 aliphatic rings. The summed E-state index contributed by atoms with van der Waals surface area (Å²) in [6.45, 7) is 9.51. The summed E-state index contributed by atoms with van der Waals surface area (Å²) in [5.41, 5.74) is 2.11. The maximum atomic E-state index is 5.30. The average Bonchev–Trinajstić information content (AvgIpc) is 2.26. The van der Waals surface area contributed by atoms with Gasteiger partial charge in [-0.05, 0) is 20.8 Å². The molecule has 2 atom stereocenters. The number of aromatic nitrogens is 1. The van der Waals surface area contributed by atoms with Gasteiger partial charge in [0.25, 0.3) is 0 Å². The van der Waals surface area contributed by atoms with Crippen LogP contribution in [0.25, 0.3) is 0 Å². The van der Waals surface area contributed by atoms with E-state index in [1.165, 1.54) is 0 Å². The average molecular weight is 286 g/mol. The summed E-state index contributed by atoms with van der Waals surface area (Å²) < 4.78 is 5.30. The summed E-state index contributed by atoms with van der Waals surface area (Å²) in [6, 6.07) is 5.08. The number of piperazine rings is 1. The first-order valence-electron chi connectivity index (χ1n) is 6.57. The van der Waals surface area contributed by atoms with Crippen molar-refractivity contribution in [2.75, 3.05) is 20.2 Å². The van der Waals surface area contributed by atoms with Crippen molar-refractivity contribution >= 4 is 12.4 Å². The van der Waals surface area contributed by atoms with Crippen LogP contribution in [0.3, 0.4) is 0 Å². The standard InChI is InChI=1S/C14H23N3O.ClH/c1-10-5-14(18-4)6-13(16-10)9-17-7-11(2)15-12(3)8-17;/h5-6,11-12,15H,7-9H2,1-4H3;1H. The maximum Gasteiger partial charge on any atom is 0.122 e. The Morgan fingerprint density at radius 2 is 1.95 bits per heavy atom. The van der Waals surface area contributed by atoms with Gasteiger partial charge in [-0.1, -0.05) is 0 Å². The third kappa shape index (κ3) is 4.64. The number of hydrogen-bond donors (Lipinski definition) is 1. The lowest BCUT2D eigenvalue weighted by molar-refractivity contribution is 0.165. The molecule has 0 saturated carbocycles. The number of nitrogens with one attached hydrogen (secondary N) is 1. The summed E-state index contributed by atoms with van der Waals surface area (Å²) in [7, 11) is 1.70. The Bertz CT molecular complexity index is 404. The lowest BCUT2D eigenvalue weighted by atomic mass is 10.1. The largest absolute Gasteiger partial charge is 0.497 e. The second-order valence-electron chi connectivity index (χ2n) is 5.30. The molecule has 0 aromatic carbocycles. The highest BCUT2D eigenvalue weighted by molar-refractivity contribution is 5.85. The van der Waals surface area contributed by atoms with E-state index in [0.717, 1.165) is 36.8 Å². The second kappa shape index (κ2) is 7.08. The van der Waals surface area contributed by atoms with Crippen LogP contribution in [-0.2, 0) is 6.54 Å². The van der Waals surface area contributed by atoms with Crippen LogP contribution in [0.15, 0.2) is 12.1 Å². The van der Waals surface area contributed by atoms with Crippen molar-refractivity contribution in [3.63, 3.8) is 0 Å². The van der Waals surface area contributed by atoms with E-state index < -0.39 is 0 Å². The van der Waals surface area contributed by atoms with Gasteiger partial charge in [0.2, 0.25) is 0 Å². The molecule has 0 aliphatic carbocycles. The zero-order valence-electron chi connectivity index (χ0n) is 12.1. The molecule has 1 N–H and O–H groups in total. The smallest absolute Gasteiger partial charge is 0.122 e. The molecule has 1 aliphatic heterocycles. The fraction of sp³-hybridized carbons (Fsp3) is 0.643. The number of pyridine rings is 1. The van der Waals surface area contributed by atoms with Crippen LogP contribution in [0, 0.1) is 6.92 Å². The molecule has 108 valence electrons. The van der Waals surface area contributed by atoms with Gasteiger partial charge in [-0.25, -0.2) is 0 Å². The molecular formula is C14H24ClN3O. The Kier molecular flexibility index (Phi) is 6.04. The van der Waals surface area contributed by atoms with E-state index in [9.17, 15) is 0 Å². The number of methoxy groups -OCH3 is 1. The minimum Gasteiger partial charge on any atom is -0.497 e. The lowest BCUT2D eigenvalue weighted by Crippen LogP contribution is -2.53. The molecule has 1 saturated heterocycles. The van der Waals surface area contributed by atoms with Crippen LogP contribution in [-0.4, -0.2) is 42.2 Å². The quantitative estimate of drug-likeness (QED) is 0.922. The third-order valence-electron chi connectivity index (χ3n) is 3.23. The zero-order valence-corrected chi connectivity index (χ0v) is 13.0. The normalized spacial score (nSPS) is 23.8. The van der Waals surface area contributed by atoms with Crippen LogP contribution >= 0.6 is 12.4 Å². The summed E-state index contributed by atoms with van der Waals surface area (Å²) in [5.74, 6) is 0.897. The Hall–Kier alpha value is -0.840. The lowest BCUT2D eigenvalue weighted by Gasteiger charge is -2.35. The Labute approximate surface area is 122 Å². The molecule has 1 fully saturated rings. The van der Waals surface area contributed by atoms with Gasteiger partial charge < -0.3 is 10.1 Å². The van der Waals surface area contributed by atoms with Crippen LogP contribution in [0.2, 0.25) is 0 Å². The van der Waals surface area contributed by atoms with E-state index in [0.29, 0.717) is 12.1 Å². The fourth-order valence-corrected chi connectivity index (χ4v) is 2.70. The number of aryl methyl sites for hydroxylation is 1. The molecule has 1 aromatic heterocycles. The molecule has 0 radical (unpaired) electrons. The molecule has 5 heteroatoms. The molecular weight excluding hydrogens is 262 g/mol. The van der Waals surface area contributed by atoms with Crippen molar-refractivity contribution in [2.45, 2.75) is 39.4 Å². The summed E-state index contributed by atoms with van der Waals surface area (Å²) in [6.07, 6.45) is 0. The number of halogens is 1. The first-order chi connectivity index (χ1) is 8.56. The Morgan fingerprint density at radius 1 is 1.32 bits per heavy atom. The molecule has 2 heterocycles. The fourth-order valence-electron chi connectivity index (χ4n) is 2.70. The summed E-state index contributed by atoms with van der Waals surface area (Å²) in [5, 5.41) is 3.54. The van der Waals surface area contributed by atoms with Crippen LogP contribution in [0.1, 0.15) is 25.2 Å². The van der Waals surface area contributed by atoms with E-state index in [1.807, 2.05) is 19.1 Å². The molecule has 0 amide bonds. The van der Waals surface area contributed by atoms with Crippen molar-refractivity contribution in [3.8, 4) is 5.75 Å². The number of rotatable bonds is 3. The number of nitrogens with zero attached hydrogens (tertiary/aromatic N) is 2. The SMILES string of the molecule is COc1cc(C)nc(CN2CC(C)NC(C)C2)c1.Cl. The zero-order chi connectivity index (χ0) is 13.1. The van der Waals surface area contributed by atoms with E-state index in [-0.39, 0.29) is 12.4 Å². The highest BCUT2D eigenvalue weighted by Gasteiger charge is 2.21. The van der Waals surface area contributed by atoms with E-state index >= 15 is 0 Å². The topological polar surface area (TPSA) is 37.4 Å². The van der Waals surface area contributed by atoms with Crippen LogP contribution in [0.4, 0.5) is 0 Å². The van der Waals surface area contributed by atoms with Crippen molar-refractivity contribution in [1.29, 1.82) is 0 Å². The first-order valence-corrected chi connectivity index (χ1v) is 6.57. The van der Waals surface area contributed by atoms with E-state index in [4.69, 9.17) is 4.74 Å². The van der Waals surface area contributed by atoms with Gasteiger partial charge in [0.05, 0.1) is 12.8 Å². The molecule has 1 aromatic rings. The van der Waals surface area contributed by atoms with E-state index in [2.05, 4.69) is 29.0 Å². The predicted molar refractivity (Wildman–Crippen MR) is 80.1 cm³/mol. The maximum absolute atomic E-state index is 5.30. The number of ether oxygens (including phenoxy) is 1. The van der Waals surface area contributed by atoms with Crippen molar-refractivity contribution in [2.24, 2.45) is 0 Å². The summed E-state index contributed by atoms with van der Waals surface area (Å²) >= 11 is 0. The van der Waals surface area contributed by atoms with Crippen LogP contribution < -0.4 is 10.1 Å². The van der Waals surface area contributed by atoms with Gasteiger partial charge in [-0.3, -0.25) is 9.88 Å². The van der Waals surface area contributed by atoms with Gasteiger partial charge in [0, 0.05) is 49.5 Å². The molecule has 4 nitrogen and oxygen atoms in total. The molecule has 0 spiro atoms. The molecule has 2 unspecified atom stereocenters. The first kappa shape index (κ1) is 16.2. The van der Waals surface area contributed by atoms with Gasteiger partial charge in [0.1, 0.15) is 5.75 Å². The van der Waals surface area contributed by atoms with Gasteiger partial charge >= 0.3 is 0 Å². The van der Waals surface area contributed by atoms with Gasteiger partial charge in [-0.2, -0.15) is 0 Å². The Balaban J connectivity index is 0.00000180. The van der Waals surface area contributed by atoms with Gasteiger partial charge in [-0.15, -0.1) is 12.4 Å². The highest BCUT2D eigenvalue weighted by Crippen LogP contribution is 2.16. The third-order valence-corrected chi connectivity index (χ3v) is 3.23. The molecule has 19 heavy (non-hydrogen) atoms. The Morgan fingerprint density at radius 3 is 2.53 bits per heavy atom. The van der Waals surface area contributed by atoms with Crippen molar-refractivity contribution < 1.29 is 4.74 Å². The van der Waals surface area contributed by atoms with E-state index in [1.54, 1.807) is 7.11 Å². The van der Waals surface area contributed by atoms with Gasteiger partial charge in [0.15, 0.2) is 0 Å². The minimum atomic E-state index is 0.